The Morgan fingerprint density at radius 3 is 2.77 bits per heavy atom. The Balaban J connectivity index is 2.44. The number of cyclic esters (lactones) is 1. The highest BCUT2D eigenvalue weighted by Crippen LogP contribution is 2.40. The lowest BCUT2D eigenvalue weighted by atomic mass is 9.93. The van der Waals surface area contributed by atoms with Crippen molar-refractivity contribution >= 4 is 35.1 Å². The number of halogens is 2. The van der Waals surface area contributed by atoms with Crippen molar-refractivity contribution in [2.24, 2.45) is 0 Å². The van der Waals surface area contributed by atoms with Crippen molar-refractivity contribution in [1.29, 1.82) is 0 Å². The lowest BCUT2D eigenvalue weighted by Crippen LogP contribution is -2.10. The van der Waals surface area contributed by atoms with E-state index >= 15 is 0 Å². The SMILES string of the molecule is Cc1nc2c(c(-c3cccc(Cl)c3Cl)c1C(=O)O)COC2=O. The van der Waals surface area contributed by atoms with Gasteiger partial charge in [0.2, 0.25) is 0 Å². The molecule has 1 aromatic heterocycles. The minimum Gasteiger partial charge on any atom is -0.478 e. The zero-order chi connectivity index (χ0) is 16.0. The fourth-order valence-corrected chi connectivity index (χ4v) is 2.91. The first-order valence-corrected chi connectivity index (χ1v) is 7.05. The molecule has 2 heterocycles. The van der Waals surface area contributed by atoms with Gasteiger partial charge in [0, 0.05) is 16.7 Å². The molecule has 0 saturated heterocycles. The van der Waals surface area contributed by atoms with Crippen molar-refractivity contribution < 1.29 is 19.4 Å². The first-order valence-electron chi connectivity index (χ1n) is 6.30. The van der Waals surface area contributed by atoms with Crippen molar-refractivity contribution in [3.8, 4) is 11.1 Å². The molecule has 22 heavy (non-hydrogen) atoms. The van der Waals surface area contributed by atoms with Gasteiger partial charge >= 0.3 is 11.9 Å². The predicted molar refractivity (Wildman–Crippen MR) is 80.5 cm³/mol. The summed E-state index contributed by atoms with van der Waals surface area (Å²) in [6.45, 7) is 1.48. The van der Waals surface area contributed by atoms with Gasteiger partial charge in [0.25, 0.3) is 0 Å². The van der Waals surface area contributed by atoms with Crippen molar-refractivity contribution in [3.63, 3.8) is 0 Å². The number of fused-ring (bicyclic) bond motifs is 1. The third-order valence-corrected chi connectivity index (χ3v) is 4.27. The number of benzene rings is 1. The number of rotatable bonds is 2. The van der Waals surface area contributed by atoms with Gasteiger partial charge in [-0.25, -0.2) is 14.6 Å². The zero-order valence-electron chi connectivity index (χ0n) is 11.3. The molecule has 0 amide bonds. The van der Waals surface area contributed by atoms with Crippen molar-refractivity contribution in [2.75, 3.05) is 0 Å². The average molecular weight is 338 g/mol. The molecule has 2 aromatic rings. The van der Waals surface area contributed by atoms with Crippen LogP contribution in [0.4, 0.5) is 0 Å². The summed E-state index contributed by atoms with van der Waals surface area (Å²) >= 11 is 12.2. The molecular formula is C15H9Cl2NO4. The summed E-state index contributed by atoms with van der Waals surface area (Å²) in [7, 11) is 0. The van der Waals surface area contributed by atoms with Gasteiger partial charge < -0.3 is 9.84 Å². The highest BCUT2D eigenvalue weighted by Gasteiger charge is 2.32. The second kappa shape index (κ2) is 5.26. The van der Waals surface area contributed by atoms with E-state index < -0.39 is 11.9 Å². The van der Waals surface area contributed by atoms with Gasteiger partial charge in [-0.15, -0.1) is 0 Å². The maximum absolute atomic E-state index is 11.7. The number of esters is 1. The topological polar surface area (TPSA) is 76.5 Å². The number of aromatic nitrogens is 1. The second-order valence-corrected chi connectivity index (χ2v) is 5.54. The van der Waals surface area contributed by atoms with Crippen molar-refractivity contribution in [2.45, 2.75) is 13.5 Å². The van der Waals surface area contributed by atoms with Gasteiger partial charge in [0.1, 0.15) is 6.61 Å². The van der Waals surface area contributed by atoms with Gasteiger partial charge in [-0.1, -0.05) is 35.3 Å². The number of carboxylic acid groups (broad SMARTS) is 1. The number of carbonyl (C=O) groups excluding carboxylic acids is 1. The van der Waals surface area contributed by atoms with Crippen LogP contribution in [0.2, 0.25) is 10.0 Å². The Labute approximate surface area is 135 Å². The van der Waals surface area contributed by atoms with E-state index in [1.54, 1.807) is 18.2 Å². The van der Waals surface area contributed by atoms with Crippen LogP contribution in [0.5, 0.6) is 0 Å². The van der Waals surface area contributed by atoms with Crippen LogP contribution in [0.3, 0.4) is 0 Å². The maximum Gasteiger partial charge on any atom is 0.357 e. The van der Waals surface area contributed by atoms with Crippen molar-refractivity contribution in [3.05, 3.63) is 50.8 Å². The maximum atomic E-state index is 11.7. The average Bonchev–Trinajstić information content (AvgIpc) is 2.82. The normalized spacial score (nSPS) is 13.0. The van der Waals surface area contributed by atoms with Crippen LogP contribution in [0, 0.1) is 6.92 Å². The standard InChI is InChI=1S/C15H9Cl2NO4/c1-6-10(14(19)20)11(7-3-2-4-9(16)12(7)17)8-5-22-15(21)13(8)18-6/h2-4H,5H2,1H3,(H,19,20). The van der Waals surface area contributed by atoms with Crippen LogP contribution < -0.4 is 0 Å². The fourth-order valence-electron chi connectivity index (χ4n) is 2.51. The molecule has 0 fully saturated rings. The molecule has 0 radical (unpaired) electrons. The number of aromatic carboxylic acids is 1. The molecule has 0 unspecified atom stereocenters. The van der Waals surface area contributed by atoms with E-state index in [9.17, 15) is 14.7 Å². The summed E-state index contributed by atoms with van der Waals surface area (Å²) in [6, 6.07) is 4.91. The van der Waals surface area contributed by atoms with E-state index in [4.69, 9.17) is 27.9 Å². The minimum atomic E-state index is -1.15. The molecule has 0 aliphatic carbocycles. The number of ether oxygens (including phenoxy) is 1. The molecule has 7 heteroatoms. The lowest BCUT2D eigenvalue weighted by molar-refractivity contribution is 0.0530. The van der Waals surface area contributed by atoms with E-state index in [2.05, 4.69) is 4.98 Å². The van der Waals surface area contributed by atoms with Crippen LogP contribution in [0.25, 0.3) is 11.1 Å². The van der Waals surface area contributed by atoms with Crippen LogP contribution in [-0.2, 0) is 11.3 Å². The van der Waals surface area contributed by atoms with Gasteiger partial charge in [-0.3, -0.25) is 0 Å². The van der Waals surface area contributed by atoms with Gasteiger partial charge in [-0.05, 0) is 13.0 Å². The highest BCUT2D eigenvalue weighted by molar-refractivity contribution is 6.43. The van der Waals surface area contributed by atoms with Crippen LogP contribution in [0.1, 0.15) is 32.1 Å². The van der Waals surface area contributed by atoms with Crippen LogP contribution in [-0.4, -0.2) is 22.0 Å². The van der Waals surface area contributed by atoms with E-state index in [0.29, 0.717) is 21.7 Å². The van der Waals surface area contributed by atoms with Gasteiger partial charge in [-0.2, -0.15) is 0 Å². The van der Waals surface area contributed by atoms with Gasteiger partial charge in [0.15, 0.2) is 5.69 Å². The summed E-state index contributed by atoms with van der Waals surface area (Å²) in [6.07, 6.45) is 0. The first kappa shape index (κ1) is 14.8. The summed E-state index contributed by atoms with van der Waals surface area (Å²) < 4.78 is 4.97. The third kappa shape index (κ3) is 2.14. The quantitative estimate of drug-likeness (QED) is 0.845. The number of hydrogen-bond acceptors (Lipinski definition) is 4. The molecule has 0 atom stereocenters. The lowest BCUT2D eigenvalue weighted by Gasteiger charge is -2.14. The Morgan fingerprint density at radius 1 is 1.36 bits per heavy atom. The summed E-state index contributed by atoms with van der Waals surface area (Å²) in [4.78, 5) is 27.5. The predicted octanol–water partition coefficient (Wildman–Crippen LogP) is 3.73. The molecule has 5 nitrogen and oxygen atoms in total. The van der Waals surface area contributed by atoms with E-state index in [1.165, 1.54) is 6.92 Å². The smallest absolute Gasteiger partial charge is 0.357 e. The number of carboxylic acids is 1. The number of hydrogen-bond donors (Lipinski definition) is 1. The van der Waals surface area contributed by atoms with Crippen LogP contribution in [0.15, 0.2) is 18.2 Å². The molecule has 1 aliphatic rings. The molecule has 1 aromatic carbocycles. The molecule has 112 valence electrons. The molecule has 0 bridgehead atoms. The van der Waals surface area contributed by atoms with E-state index in [1.807, 2.05) is 0 Å². The summed E-state index contributed by atoms with van der Waals surface area (Å²) in [5.74, 6) is -1.73. The molecule has 0 spiro atoms. The minimum absolute atomic E-state index is 0.0128. The first-order chi connectivity index (χ1) is 10.4. The monoisotopic (exact) mass is 337 g/mol. The number of pyridine rings is 1. The Kier molecular flexibility index (Phi) is 3.54. The second-order valence-electron chi connectivity index (χ2n) is 4.76. The Morgan fingerprint density at radius 2 is 2.09 bits per heavy atom. The molecule has 1 aliphatic heterocycles. The Hall–Kier alpha value is -2.11. The van der Waals surface area contributed by atoms with E-state index in [0.717, 1.165) is 0 Å². The molecule has 0 saturated carbocycles. The largest absolute Gasteiger partial charge is 0.478 e. The fraction of sp³-hybridized carbons (Fsp3) is 0.133. The number of aryl methyl sites for hydroxylation is 1. The molecule has 3 rings (SSSR count). The van der Waals surface area contributed by atoms with Gasteiger partial charge in [0.05, 0.1) is 21.3 Å². The summed E-state index contributed by atoms with van der Waals surface area (Å²) in [5, 5.41) is 10.0. The molecular weight excluding hydrogens is 329 g/mol. The van der Waals surface area contributed by atoms with Crippen LogP contribution >= 0.6 is 23.2 Å². The summed E-state index contributed by atoms with van der Waals surface area (Å²) in [5.41, 5.74) is 1.50. The zero-order valence-corrected chi connectivity index (χ0v) is 12.8. The number of carbonyl (C=O) groups is 2. The third-order valence-electron chi connectivity index (χ3n) is 3.45. The molecule has 1 N–H and O–H groups in total. The highest BCUT2D eigenvalue weighted by atomic mass is 35.5. The van der Waals surface area contributed by atoms with Crippen molar-refractivity contribution in [1.82, 2.24) is 4.98 Å². The number of nitrogens with zero attached hydrogens (tertiary/aromatic N) is 1. The Bertz CT molecular complexity index is 833. The van der Waals surface area contributed by atoms with E-state index in [-0.39, 0.29) is 28.6 Å².